The maximum Gasteiger partial charge on any atom is 0.254 e. The predicted molar refractivity (Wildman–Crippen MR) is 100 cm³/mol. The molecule has 0 radical (unpaired) electrons. The monoisotopic (exact) mass is 360 g/mol. The second-order valence-electron chi connectivity index (χ2n) is 6.94. The maximum atomic E-state index is 12.7. The summed E-state index contributed by atoms with van der Waals surface area (Å²) in [6, 6.07) is 7.61. The molecule has 2 N–H and O–H groups in total. The number of hydrogen-bond acceptors (Lipinski definition) is 4. The number of morpholine rings is 2. The third-order valence-corrected chi connectivity index (χ3v) is 4.67. The van der Waals surface area contributed by atoms with Crippen molar-refractivity contribution in [3.05, 3.63) is 35.4 Å². The van der Waals surface area contributed by atoms with E-state index in [0.29, 0.717) is 44.4 Å². The van der Waals surface area contributed by atoms with Crippen molar-refractivity contribution in [2.24, 2.45) is 10.7 Å². The maximum absolute atomic E-state index is 12.7. The third-order valence-electron chi connectivity index (χ3n) is 4.67. The van der Waals surface area contributed by atoms with Crippen LogP contribution in [0.5, 0.6) is 0 Å². The van der Waals surface area contributed by atoms with Gasteiger partial charge < -0.3 is 25.0 Å². The highest BCUT2D eigenvalue weighted by Crippen LogP contribution is 2.15. The normalized spacial score (nSPS) is 24.6. The molecule has 0 bridgehead atoms. The van der Waals surface area contributed by atoms with Gasteiger partial charge in [0.2, 0.25) is 0 Å². The summed E-state index contributed by atoms with van der Waals surface area (Å²) in [6.45, 7) is 8.68. The van der Waals surface area contributed by atoms with Crippen LogP contribution in [-0.4, -0.2) is 73.3 Å². The van der Waals surface area contributed by atoms with E-state index in [9.17, 15) is 4.79 Å². The average Bonchev–Trinajstić information content (AvgIpc) is 2.66. The molecule has 142 valence electrons. The molecule has 2 heterocycles. The lowest BCUT2D eigenvalue weighted by atomic mass is 10.1. The molecule has 7 nitrogen and oxygen atoms in total. The van der Waals surface area contributed by atoms with E-state index in [1.54, 1.807) is 0 Å². The van der Waals surface area contributed by atoms with Crippen molar-refractivity contribution in [2.75, 3.05) is 39.4 Å². The summed E-state index contributed by atoms with van der Waals surface area (Å²) < 4.78 is 11.0. The second kappa shape index (κ2) is 8.51. The van der Waals surface area contributed by atoms with Crippen LogP contribution in [0.2, 0.25) is 0 Å². The standard InChI is InChI=1S/C19H28N4O3/c1-14-12-23(13-15(2)26-14)18(24)17-5-3-16(4-6-17)11-21-19(20)22-7-9-25-10-8-22/h3-6,14-15H,7-13H2,1-2H3,(H2,20,21). The molecule has 1 aromatic carbocycles. The fourth-order valence-electron chi connectivity index (χ4n) is 3.34. The van der Waals surface area contributed by atoms with Crippen molar-refractivity contribution in [1.29, 1.82) is 0 Å². The zero-order chi connectivity index (χ0) is 18.5. The SMILES string of the molecule is CC1CN(C(=O)c2ccc(CN=C(N)N3CCOCC3)cc2)CC(C)O1. The van der Waals surface area contributed by atoms with Crippen molar-refractivity contribution in [2.45, 2.75) is 32.6 Å². The minimum absolute atomic E-state index is 0.0508. The second-order valence-corrected chi connectivity index (χ2v) is 6.94. The Kier molecular flexibility index (Phi) is 6.11. The van der Waals surface area contributed by atoms with Crippen LogP contribution in [0.1, 0.15) is 29.8 Å². The molecule has 2 fully saturated rings. The van der Waals surface area contributed by atoms with Gasteiger partial charge in [-0.05, 0) is 31.5 Å². The van der Waals surface area contributed by atoms with Crippen molar-refractivity contribution < 1.29 is 14.3 Å². The Morgan fingerprint density at radius 2 is 1.73 bits per heavy atom. The van der Waals surface area contributed by atoms with Gasteiger partial charge in [-0.2, -0.15) is 0 Å². The van der Waals surface area contributed by atoms with E-state index in [2.05, 4.69) is 4.99 Å². The molecule has 3 rings (SSSR count). The molecule has 1 aromatic rings. The van der Waals surface area contributed by atoms with Gasteiger partial charge in [0.05, 0.1) is 32.0 Å². The average molecular weight is 360 g/mol. The fourth-order valence-corrected chi connectivity index (χ4v) is 3.34. The Morgan fingerprint density at radius 1 is 1.12 bits per heavy atom. The van der Waals surface area contributed by atoms with E-state index in [4.69, 9.17) is 15.2 Å². The summed E-state index contributed by atoms with van der Waals surface area (Å²) in [5.41, 5.74) is 7.77. The van der Waals surface area contributed by atoms with Crippen LogP contribution in [0, 0.1) is 0 Å². The fraction of sp³-hybridized carbons (Fsp3) is 0.579. The first kappa shape index (κ1) is 18.7. The highest BCUT2D eigenvalue weighted by atomic mass is 16.5. The molecule has 2 saturated heterocycles. The molecular formula is C19H28N4O3. The Balaban J connectivity index is 1.58. The van der Waals surface area contributed by atoms with Gasteiger partial charge in [-0.3, -0.25) is 4.79 Å². The molecule has 0 spiro atoms. The highest BCUT2D eigenvalue weighted by Gasteiger charge is 2.26. The number of nitrogens with two attached hydrogens (primary N) is 1. The van der Waals surface area contributed by atoms with Crippen LogP contribution in [0.25, 0.3) is 0 Å². The van der Waals surface area contributed by atoms with Gasteiger partial charge in [0.1, 0.15) is 0 Å². The first-order chi connectivity index (χ1) is 12.5. The summed E-state index contributed by atoms with van der Waals surface area (Å²) in [6.07, 6.45) is 0.138. The summed E-state index contributed by atoms with van der Waals surface area (Å²) in [5.74, 6) is 0.597. The molecule has 0 saturated carbocycles. The van der Waals surface area contributed by atoms with Crippen LogP contribution in [-0.2, 0) is 16.0 Å². The Bertz CT molecular complexity index is 631. The van der Waals surface area contributed by atoms with Crippen molar-refractivity contribution >= 4 is 11.9 Å². The van der Waals surface area contributed by atoms with Gasteiger partial charge in [-0.1, -0.05) is 12.1 Å². The van der Waals surface area contributed by atoms with Crippen LogP contribution in [0.15, 0.2) is 29.3 Å². The zero-order valence-electron chi connectivity index (χ0n) is 15.6. The van der Waals surface area contributed by atoms with Crippen molar-refractivity contribution in [1.82, 2.24) is 9.80 Å². The zero-order valence-corrected chi connectivity index (χ0v) is 15.6. The Labute approximate surface area is 154 Å². The van der Waals surface area contributed by atoms with E-state index in [1.165, 1.54) is 0 Å². The van der Waals surface area contributed by atoms with Crippen LogP contribution < -0.4 is 5.73 Å². The third kappa shape index (κ3) is 4.74. The Morgan fingerprint density at radius 3 is 2.35 bits per heavy atom. The van der Waals surface area contributed by atoms with E-state index in [-0.39, 0.29) is 18.1 Å². The van der Waals surface area contributed by atoms with E-state index in [0.717, 1.165) is 18.7 Å². The number of amides is 1. The number of guanidine groups is 1. The predicted octanol–water partition coefficient (Wildman–Crippen LogP) is 1.08. The lowest BCUT2D eigenvalue weighted by molar-refractivity contribution is -0.0586. The number of aliphatic imine (C=N–C) groups is 1. The number of hydrogen-bond donors (Lipinski definition) is 1. The molecule has 0 aliphatic carbocycles. The summed E-state index contributed by atoms with van der Waals surface area (Å²) in [5, 5.41) is 0. The minimum atomic E-state index is 0.0508. The van der Waals surface area contributed by atoms with Gasteiger partial charge in [-0.15, -0.1) is 0 Å². The molecule has 26 heavy (non-hydrogen) atoms. The van der Waals surface area contributed by atoms with Gasteiger partial charge in [0.15, 0.2) is 5.96 Å². The van der Waals surface area contributed by atoms with E-state index >= 15 is 0 Å². The molecule has 2 atom stereocenters. The van der Waals surface area contributed by atoms with Crippen LogP contribution in [0.3, 0.4) is 0 Å². The summed E-state index contributed by atoms with van der Waals surface area (Å²) in [4.78, 5) is 21.0. The number of rotatable bonds is 3. The van der Waals surface area contributed by atoms with Crippen molar-refractivity contribution in [3.8, 4) is 0 Å². The molecule has 7 heteroatoms. The largest absolute Gasteiger partial charge is 0.378 e. The summed E-state index contributed by atoms with van der Waals surface area (Å²) in [7, 11) is 0. The van der Waals surface area contributed by atoms with Gasteiger partial charge in [0.25, 0.3) is 5.91 Å². The van der Waals surface area contributed by atoms with Crippen LogP contribution >= 0.6 is 0 Å². The van der Waals surface area contributed by atoms with Gasteiger partial charge >= 0.3 is 0 Å². The molecular weight excluding hydrogens is 332 g/mol. The number of benzene rings is 1. The van der Waals surface area contributed by atoms with Gasteiger partial charge in [0, 0.05) is 31.7 Å². The van der Waals surface area contributed by atoms with Crippen molar-refractivity contribution in [3.63, 3.8) is 0 Å². The van der Waals surface area contributed by atoms with E-state index < -0.39 is 0 Å². The molecule has 2 aliphatic rings. The highest BCUT2D eigenvalue weighted by molar-refractivity contribution is 5.94. The number of carbonyl (C=O) groups excluding carboxylic acids is 1. The lowest BCUT2D eigenvalue weighted by Gasteiger charge is -2.35. The smallest absolute Gasteiger partial charge is 0.254 e. The lowest BCUT2D eigenvalue weighted by Crippen LogP contribution is -2.48. The topological polar surface area (TPSA) is 80.4 Å². The van der Waals surface area contributed by atoms with Gasteiger partial charge in [-0.25, -0.2) is 4.99 Å². The Hall–Kier alpha value is -2.12. The quantitative estimate of drug-likeness (QED) is 0.645. The summed E-state index contributed by atoms with van der Waals surface area (Å²) >= 11 is 0. The van der Waals surface area contributed by atoms with E-state index in [1.807, 2.05) is 47.9 Å². The molecule has 0 aromatic heterocycles. The first-order valence-electron chi connectivity index (χ1n) is 9.19. The van der Waals surface area contributed by atoms with Crippen LogP contribution in [0.4, 0.5) is 0 Å². The number of ether oxygens (including phenoxy) is 2. The number of nitrogens with zero attached hydrogens (tertiary/aromatic N) is 3. The minimum Gasteiger partial charge on any atom is -0.378 e. The number of carbonyl (C=O) groups is 1. The molecule has 1 amide bonds. The first-order valence-corrected chi connectivity index (χ1v) is 9.19. The molecule has 2 aliphatic heterocycles. The molecule has 2 unspecified atom stereocenters.